The zero-order valence-electron chi connectivity index (χ0n) is 20.5. The average Bonchev–Trinajstić information content (AvgIpc) is 2.79. The summed E-state index contributed by atoms with van der Waals surface area (Å²) >= 11 is 0. The van der Waals surface area contributed by atoms with Crippen LogP contribution < -0.4 is 5.73 Å². The van der Waals surface area contributed by atoms with Gasteiger partial charge in [-0.05, 0) is 76.0 Å². The molecule has 0 aliphatic carbocycles. The molecule has 2 aromatic carbocycles. The quantitative estimate of drug-likeness (QED) is 0.622. The summed E-state index contributed by atoms with van der Waals surface area (Å²) in [6.45, 7) is 3.25. The van der Waals surface area contributed by atoms with Crippen LogP contribution in [0.2, 0.25) is 0 Å². The number of hydrogen-bond acceptors (Lipinski definition) is 4. The topological polar surface area (TPSA) is 75.9 Å². The molecular formula is C26H34F3N3O3. The highest BCUT2D eigenvalue weighted by atomic mass is 19.4. The zero-order valence-corrected chi connectivity index (χ0v) is 20.5. The highest BCUT2D eigenvalue weighted by Gasteiger charge is 2.33. The summed E-state index contributed by atoms with van der Waals surface area (Å²) in [5.74, 6) is -0.306. The Bertz CT molecular complexity index is 965. The molecule has 0 radical (unpaired) electrons. The van der Waals surface area contributed by atoms with Crippen LogP contribution in [-0.4, -0.2) is 61.6 Å². The second-order valence-electron chi connectivity index (χ2n) is 8.89. The number of rotatable bonds is 6. The maximum atomic E-state index is 13.1. The molecule has 0 saturated carbocycles. The van der Waals surface area contributed by atoms with E-state index in [-0.39, 0.29) is 17.5 Å². The monoisotopic (exact) mass is 493 g/mol. The molecule has 1 fully saturated rings. The van der Waals surface area contributed by atoms with Gasteiger partial charge < -0.3 is 20.3 Å². The molecule has 2 aromatic rings. The Balaban J connectivity index is 0.000000410. The first-order valence-corrected chi connectivity index (χ1v) is 11.6. The van der Waals surface area contributed by atoms with Gasteiger partial charge in [0.1, 0.15) is 6.61 Å². The van der Waals surface area contributed by atoms with Crippen molar-refractivity contribution in [3.05, 3.63) is 70.8 Å². The van der Waals surface area contributed by atoms with Gasteiger partial charge in [-0.2, -0.15) is 13.2 Å². The second kappa shape index (κ2) is 13.1. The van der Waals surface area contributed by atoms with Crippen LogP contribution in [0.5, 0.6) is 0 Å². The van der Waals surface area contributed by atoms with Gasteiger partial charge in [0, 0.05) is 24.7 Å². The number of likely N-dealkylation sites (tertiary alicyclic amines) is 1. The molecule has 9 heteroatoms. The van der Waals surface area contributed by atoms with Crippen LogP contribution in [0.1, 0.15) is 46.3 Å². The smallest absolute Gasteiger partial charge is 0.416 e. The van der Waals surface area contributed by atoms with Crippen LogP contribution in [-0.2, 0) is 17.3 Å². The van der Waals surface area contributed by atoms with Gasteiger partial charge in [-0.15, -0.1) is 0 Å². The van der Waals surface area contributed by atoms with Crippen molar-refractivity contribution in [3.63, 3.8) is 0 Å². The van der Waals surface area contributed by atoms with Crippen molar-refractivity contribution in [3.8, 4) is 0 Å². The molecule has 35 heavy (non-hydrogen) atoms. The summed E-state index contributed by atoms with van der Waals surface area (Å²) < 4.78 is 43.7. The molecule has 1 aliphatic rings. The molecule has 0 spiro atoms. The van der Waals surface area contributed by atoms with Gasteiger partial charge in [0.15, 0.2) is 0 Å². The highest BCUT2D eigenvalue weighted by molar-refractivity contribution is 5.95. The number of carbonyl (C=O) groups is 2. The number of likely N-dealkylation sites (N-methyl/N-ethyl adjacent to an activating group) is 1. The van der Waals surface area contributed by atoms with Gasteiger partial charge in [-0.25, -0.2) is 4.79 Å². The van der Waals surface area contributed by atoms with Crippen molar-refractivity contribution in [1.82, 2.24) is 9.80 Å². The van der Waals surface area contributed by atoms with Gasteiger partial charge in [0.2, 0.25) is 0 Å². The number of nitrogens with two attached hydrogens (primary N) is 1. The molecule has 1 atom stereocenters. The van der Waals surface area contributed by atoms with E-state index in [1.54, 1.807) is 17.9 Å². The number of primary amides is 1. The molecule has 2 N–H and O–H groups in total. The van der Waals surface area contributed by atoms with Gasteiger partial charge in [0.25, 0.3) is 5.91 Å². The fraction of sp³-hybridized carbons (Fsp3) is 0.462. The minimum atomic E-state index is -4.45. The standard InChI is InChI=1S/C21H22F3NO.C5H12N2O2/c1-15-11-17(14-18(12-15)21(22,23)24)20(26)25-10-6-5-9-19(25)13-16-7-3-2-4-8-16;1-7(2)3-4-9-5(6)8/h2-4,7-8,11-12,14,19H,5-6,9-10,13H2,1H3;3-4H2,1-2H3,(H2,6,8)/t19-;/m0./s1. The van der Waals surface area contributed by atoms with Crippen molar-refractivity contribution < 1.29 is 27.5 Å². The number of nitrogens with zero attached hydrogens (tertiary/aromatic N) is 2. The van der Waals surface area contributed by atoms with Crippen LogP contribution in [0.15, 0.2) is 48.5 Å². The van der Waals surface area contributed by atoms with Gasteiger partial charge in [-0.1, -0.05) is 30.3 Å². The lowest BCUT2D eigenvalue weighted by atomic mass is 9.94. The van der Waals surface area contributed by atoms with Gasteiger partial charge >= 0.3 is 12.3 Å². The highest BCUT2D eigenvalue weighted by Crippen LogP contribution is 2.31. The molecule has 1 aliphatic heterocycles. The van der Waals surface area contributed by atoms with E-state index >= 15 is 0 Å². The van der Waals surface area contributed by atoms with Crippen LogP contribution >= 0.6 is 0 Å². The SMILES string of the molecule is CN(C)CCOC(N)=O.Cc1cc(C(=O)N2CCCC[C@H]2Cc2ccccc2)cc(C(F)(F)F)c1. The van der Waals surface area contributed by atoms with Crippen molar-refractivity contribution in [2.75, 3.05) is 33.8 Å². The van der Waals surface area contributed by atoms with Crippen LogP contribution in [0.4, 0.5) is 18.0 Å². The van der Waals surface area contributed by atoms with E-state index in [0.717, 1.165) is 43.4 Å². The predicted molar refractivity (Wildman–Crippen MR) is 129 cm³/mol. The fourth-order valence-electron chi connectivity index (χ4n) is 3.93. The first-order valence-electron chi connectivity index (χ1n) is 11.6. The molecule has 3 rings (SSSR count). The lowest BCUT2D eigenvalue weighted by Gasteiger charge is -2.36. The van der Waals surface area contributed by atoms with Gasteiger partial charge in [-0.3, -0.25) is 4.79 Å². The number of halogens is 3. The number of hydrogen-bond donors (Lipinski definition) is 1. The second-order valence-corrected chi connectivity index (χ2v) is 8.89. The Kier molecular flexibility index (Phi) is 10.6. The Morgan fingerprint density at radius 1 is 1.11 bits per heavy atom. The lowest BCUT2D eigenvalue weighted by molar-refractivity contribution is -0.137. The van der Waals surface area contributed by atoms with Crippen LogP contribution in [0.25, 0.3) is 0 Å². The Morgan fingerprint density at radius 2 is 1.80 bits per heavy atom. The van der Waals surface area contributed by atoms with Crippen molar-refractivity contribution in [2.24, 2.45) is 5.73 Å². The molecule has 0 bridgehead atoms. The largest absolute Gasteiger partial charge is 0.448 e. The Hall–Kier alpha value is -3.07. The minimum Gasteiger partial charge on any atom is -0.448 e. The maximum Gasteiger partial charge on any atom is 0.416 e. The minimum absolute atomic E-state index is 0.0218. The molecule has 6 nitrogen and oxygen atoms in total. The molecule has 1 heterocycles. The van der Waals surface area contributed by atoms with Crippen LogP contribution in [0.3, 0.4) is 0 Å². The number of amides is 2. The third kappa shape index (κ3) is 9.60. The van der Waals surface area contributed by atoms with E-state index < -0.39 is 17.8 Å². The number of ether oxygens (including phenoxy) is 1. The number of benzene rings is 2. The third-order valence-corrected chi connectivity index (χ3v) is 5.64. The van der Waals surface area contributed by atoms with Crippen molar-refractivity contribution in [1.29, 1.82) is 0 Å². The van der Waals surface area contributed by atoms with E-state index in [1.165, 1.54) is 0 Å². The molecule has 2 amide bonds. The van der Waals surface area contributed by atoms with Crippen LogP contribution in [0, 0.1) is 6.92 Å². The normalized spacial score (nSPS) is 15.9. The summed E-state index contributed by atoms with van der Waals surface area (Å²) in [6, 6.07) is 13.5. The fourth-order valence-corrected chi connectivity index (χ4v) is 3.93. The third-order valence-electron chi connectivity index (χ3n) is 5.64. The summed E-state index contributed by atoms with van der Waals surface area (Å²) in [5.41, 5.74) is 5.64. The molecule has 0 aromatic heterocycles. The van der Waals surface area contributed by atoms with E-state index in [2.05, 4.69) is 4.74 Å². The molecular weight excluding hydrogens is 459 g/mol. The molecule has 1 saturated heterocycles. The summed E-state index contributed by atoms with van der Waals surface area (Å²) in [7, 11) is 3.79. The Morgan fingerprint density at radius 3 is 2.40 bits per heavy atom. The first kappa shape index (κ1) is 28.2. The van der Waals surface area contributed by atoms with E-state index in [4.69, 9.17) is 5.73 Å². The number of aryl methyl sites for hydroxylation is 1. The van der Waals surface area contributed by atoms with E-state index in [0.29, 0.717) is 25.3 Å². The van der Waals surface area contributed by atoms with E-state index in [1.807, 2.05) is 49.3 Å². The van der Waals surface area contributed by atoms with Crippen molar-refractivity contribution in [2.45, 2.75) is 44.8 Å². The van der Waals surface area contributed by atoms with Crippen molar-refractivity contribution >= 4 is 12.0 Å². The van der Waals surface area contributed by atoms with E-state index in [9.17, 15) is 22.8 Å². The average molecular weight is 494 g/mol. The number of alkyl halides is 3. The van der Waals surface area contributed by atoms with Gasteiger partial charge in [0.05, 0.1) is 5.56 Å². The summed E-state index contributed by atoms with van der Waals surface area (Å²) in [4.78, 5) is 26.6. The Labute approximate surface area is 204 Å². The lowest BCUT2D eigenvalue weighted by Crippen LogP contribution is -2.45. The molecule has 192 valence electrons. The summed E-state index contributed by atoms with van der Waals surface area (Å²) in [6.07, 6.45) is -1.65. The molecule has 0 unspecified atom stereocenters. The number of piperidine rings is 1. The maximum absolute atomic E-state index is 13.1. The number of carbonyl (C=O) groups excluding carboxylic acids is 2. The summed E-state index contributed by atoms with van der Waals surface area (Å²) in [5, 5.41) is 0. The zero-order chi connectivity index (χ0) is 26.0. The predicted octanol–water partition coefficient (Wildman–Crippen LogP) is 4.89. The first-order chi connectivity index (χ1) is 16.5.